The van der Waals surface area contributed by atoms with Gasteiger partial charge in [-0.05, 0) is 38.5 Å². The van der Waals surface area contributed by atoms with Crippen molar-refractivity contribution in [3.05, 3.63) is 34.2 Å². The van der Waals surface area contributed by atoms with E-state index < -0.39 is 12.1 Å². The molecule has 20 heavy (non-hydrogen) atoms. The predicted octanol–water partition coefficient (Wildman–Crippen LogP) is 1.51. The molecule has 0 amide bonds. The number of hydrogen-bond donors (Lipinski definition) is 2. The lowest BCUT2D eigenvalue weighted by Crippen LogP contribution is -2.18. The van der Waals surface area contributed by atoms with Gasteiger partial charge in [-0.2, -0.15) is 0 Å². The lowest BCUT2D eigenvalue weighted by Gasteiger charge is -2.11. The van der Waals surface area contributed by atoms with Crippen LogP contribution in [0.3, 0.4) is 0 Å². The van der Waals surface area contributed by atoms with E-state index in [-0.39, 0.29) is 18.3 Å². The van der Waals surface area contributed by atoms with Gasteiger partial charge in [0.15, 0.2) is 6.10 Å². The monoisotopic (exact) mass is 278 g/mol. The third-order valence-corrected chi connectivity index (χ3v) is 3.08. The number of carbonyl (C=O) groups excluding carboxylic acids is 1. The highest BCUT2D eigenvalue weighted by atomic mass is 16.5. The van der Waals surface area contributed by atoms with Gasteiger partial charge in [-0.15, -0.1) is 0 Å². The van der Waals surface area contributed by atoms with Gasteiger partial charge < -0.3 is 14.8 Å². The summed E-state index contributed by atoms with van der Waals surface area (Å²) in [5.74, 6) is -0.697. The number of carbonyl (C=O) groups is 1. The minimum absolute atomic E-state index is 0.0251. The highest BCUT2D eigenvalue weighted by Crippen LogP contribution is 2.21. The maximum atomic E-state index is 11.9. The van der Waals surface area contributed by atoms with Crippen LogP contribution in [0.1, 0.15) is 38.5 Å². The molecule has 108 valence electrons. The number of nitrogens with zero attached hydrogens (tertiary/aromatic N) is 1. The van der Waals surface area contributed by atoms with Crippen LogP contribution in [0.25, 0.3) is 11.0 Å². The van der Waals surface area contributed by atoms with Crippen LogP contribution in [-0.4, -0.2) is 27.2 Å². The summed E-state index contributed by atoms with van der Waals surface area (Å²) >= 11 is 0. The molecule has 1 heterocycles. The number of esters is 1. The average molecular weight is 278 g/mol. The van der Waals surface area contributed by atoms with Crippen molar-refractivity contribution < 1.29 is 14.6 Å². The standard InChI is InChI=1S/C14H18N2O4/c1-4-20-13(18)12(17)9-5-6-11-10(7-9)15-14(19)16(11)8(2)3/h5-8,12,17H,4H2,1-3H3,(H,15,19). The Hall–Kier alpha value is -2.08. The molecule has 1 unspecified atom stereocenters. The smallest absolute Gasteiger partial charge is 0.339 e. The summed E-state index contributed by atoms with van der Waals surface area (Å²) < 4.78 is 6.39. The van der Waals surface area contributed by atoms with Crippen molar-refractivity contribution in [3.63, 3.8) is 0 Å². The van der Waals surface area contributed by atoms with Crippen molar-refractivity contribution in [2.45, 2.75) is 32.9 Å². The van der Waals surface area contributed by atoms with Gasteiger partial charge in [0.25, 0.3) is 0 Å². The van der Waals surface area contributed by atoms with Crippen LogP contribution in [0.5, 0.6) is 0 Å². The first-order valence-corrected chi connectivity index (χ1v) is 6.54. The van der Waals surface area contributed by atoms with Gasteiger partial charge in [0, 0.05) is 6.04 Å². The number of benzene rings is 1. The van der Waals surface area contributed by atoms with E-state index in [1.807, 2.05) is 13.8 Å². The van der Waals surface area contributed by atoms with E-state index in [9.17, 15) is 14.7 Å². The molecule has 1 atom stereocenters. The second-order valence-corrected chi connectivity index (χ2v) is 4.83. The van der Waals surface area contributed by atoms with E-state index in [2.05, 4.69) is 4.98 Å². The number of aromatic nitrogens is 2. The Morgan fingerprint density at radius 2 is 2.15 bits per heavy atom. The van der Waals surface area contributed by atoms with Gasteiger partial charge in [-0.1, -0.05) is 6.07 Å². The molecule has 0 aliphatic carbocycles. The molecule has 2 aromatic rings. The molecule has 0 spiro atoms. The molecule has 6 nitrogen and oxygen atoms in total. The third-order valence-electron chi connectivity index (χ3n) is 3.08. The molecule has 1 aromatic carbocycles. The predicted molar refractivity (Wildman–Crippen MR) is 74.5 cm³/mol. The van der Waals surface area contributed by atoms with Gasteiger partial charge in [-0.3, -0.25) is 4.57 Å². The van der Waals surface area contributed by atoms with E-state index in [1.54, 1.807) is 29.7 Å². The first kappa shape index (κ1) is 14.3. The Balaban J connectivity index is 2.45. The molecule has 0 fully saturated rings. The largest absolute Gasteiger partial charge is 0.464 e. The second kappa shape index (κ2) is 5.50. The van der Waals surface area contributed by atoms with Crippen LogP contribution in [-0.2, 0) is 9.53 Å². The highest BCUT2D eigenvalue weighted by Gasteiger charge is 2.20. The fraction of sp³-hybridized carbons (Fsp3) is 0.429. The first-order valence-electron chi connectivity index (χ1n) is 6.54. The first-order chi connectivity index (χ1) is 9.45. The Morgan fingerprint density at radius 1 is 1.45 bits per heavy atom. The average Bonchev–Trinajstić information content (AvgIpc) is 2.72. The summed E-state index contributed by atoms with van der Waals surface area (Å²) in [6.45, 7) is 5.71. The van der Waals surface area contributed by atoms with Crippen LogP contribution in [0, 0.1) is 0 Å². The topological polar surface area (TPSA) is 84.3 Å². The van der Waals surface area contributed by atoms with Gasteiger partial charge >= 0.3 is 11.7 Å². The van der Waals surface area contributed by atoms with Gasteiger partial charge in [0.1, 0.15) is 0 Å². The second-order valence-electron chi connectivity index (χ2n) is 4.83. The third kappa shape index (κ3) is 2.46. The number of rotatable bonds is 4. The van der Waals surface area contributed by atoms with Crippen LogP contribution in [0.4, 0.5) is 0 Å². The zero-order valence-electron chi connectivity index (χ0n) is 11.7. The molecule has 0 saturated heterocycles. The van der Waals surface area contributed by atoms with Crippen LogP contribution < -0.4 is 5.69 Å². The SMILES string of the molecule is CCOC(=O)C(O)c1ccc2c(c1)[nH]c(=O)n2C(C)C. The fourth-order valence-electron chi connectivity index (χ4n) is 2.19. The van der Waals surface area contributed by atoms with E-state index in [0.717, 1.165) is 5.52 Å². The number of hydrogen-bond acceptors (Lipinski definition) is 4. The maximum Gasteiger partial charge on any atom is 0.339 e. The molecule has 2 N–H and O–H groups in total. The maximum absolute atomic E-state index is 11.9. The van der Waals surface area contributed by atoms with Crippen LogP contribution in [0.15, 0.2) is 23.0 Å². The number of aliphatic hydroxyl groups is 1. The minimum Gasteiger partial charge on any atom is -0.464 e. The zero-order chi connectivity index (χ0) is 14.9. The summed E-state index contributed by atoms with van der Waals surface area (Å²) in [5.41, 5.74) is 1.51. The lowest BCUT2D eigenvalue weighted by molar-refractivity contribution is -0.153. The summed E-state index contributed by atoms with van der Waals surface area (Å²) in [6.07, 6.45) is -1.34. The summed E-state index contributed by atoms with van der Waals surface area (Å²) in [6, 6.07) is 4.95. The van der Waals surface area contributed by atoms with Crippen molar-refractivity contribution in [3.8, 4) is 0 Å². The number of aromatic amines is 1. The van der Waals surface area contributed by atoms with E-state index in [0.29, 0.717) is 11.1 Å². The minimum atomic E-state index is -1.34. The quantitative estimate of drug-likeness (QED) is 0.830. The van der Waals surface area contributed by atoms with E-state index in [1.165, 1.54) is 0 Å². The fourth-order valence-corrected chi connectivity index (χ4v) is 2.19. The lowest BCUT2D eigenvalue weighted by atomic mass is 10.1. The van der Waals surface area contributed by atoms with Crippen molar-refractivity contribution in [1.29, 1.82) is 0 Å². The Bertz CT molecular complexity index is 684. The molecule has 6 heteroatoms. The van der Waals surface area contributed by atoms with Crippen LogP contribution >= 0.6 is 0 Å². The zero-order valence-corrected chi connectivity index (χ0v) is 11.7. The molecular formula is C14H18N2O4. The Kier molecular flexibility index (Phi) is 3.94. The highest BCUT2D eigenvalue weighted by molar-refractivity contribution is 5.81. The molecule has 0 aliphatic rings. The molecular weight excluding hydrogens is 260 g/mol. The van der Waals surface area contributed by atoms with Crippen molar-refractivity contribution in [2.75, 3.05) is 6.61 Å². The van der Waals surface area contributed by atoms with Gasteiger partial charge in [-0.25, -0.2) is 9.59 Å². The summed E-state index contributed by atoms with van der Waals surface area (Å²) in [5, 5.41) is 9.89. The Labute approximate surface area is 116 Å². The number of nitrogens with one attached hydrogen (secondary N) is 1. The summed E-state index contributed by atoms with van der Waals surface area (Å²) in [4.78, 5) is 26.1. The number of imidazole rings is 1. The molecule has 0 bridgehead atoms. The normalized spacial score (nSPS) is 12.8. The van der Waals surface area contributed by atoms with Crippen molar-refractivity contribution in [1.82, 2.24) is 9.55 Å². The molecule has 1 aromatic heterocycles. The number of H-pyrrole nitrogens is 1. The summed E-state index contributed by atoms with van der Waals surface area (Å²) in [7, 11) is 0. The molecule has 0 radical (unpaired) electrons. The number of fused-ring (bicyclic) bond motifs is 1. The Morgan fingerprint density at radius 3 is 2.75 bits per heavy atom. The van der Waals surface area contributed by atoms with E-state index in [4.69, 9.17) is 4.74 Å². The van der Waals surface area contributed by atoms with Crippen molar-refractivity contribution >= 4 is 17.0 Å². The van der Waals surface area contributed by atoms with Gasteiger partial charge in [0.05, 0.1) is 17.6 Å². The van der Waals surface area contributed by atoms with Gasteiger partial charge in [0.2, 0.25) is 0 Å². The van der Waals surface area contributed by atoms with E-state index >= 15 is 0 Å². The van der Waals surface area contributed by atoms with Crippen LogP contribution in [0.2, 0.25) is 0 Å². The molecule has 2 rings (SSSR count). The molecule has 0 saturated carbocycles. The number of ether oxygens (including phenoxy) is 1. The number of aliphatic hydroxyl groups excluding tert-OH is 1. The van der Waals surface area contributed by atoms with Crippen molar-refractivity contribution in [2.24, 2.45) is 0 Å². The molecule has 0 aliphatic heterocycles.